The van der Waals surface area contributed by atoms with Gasteiger partial charge >= 0.3 is 0 Å². The molecule has 0 aromatic carbocycles. The normalized spacial score (nSPS) is 47.5. The molecule has 4 saturated carbocycles. The lowest BCUT2D eigenvalue weighted by atomic mass is 9.48. The lowest BCUT2D eigenvalue weighted by Crippen LogP contribution is -2.56. The van der Waals surface area contributed by atoms with Crippen molar-refractivity contribution in [1.29, 1.82) is 0 Å². The maximum atomic E-state index is 4.06. The molecule has 1 heterocycles. The van der Waals surface area contributed by atoms with E-state index in [4.69, 9.17) is 0 Å². The van der Waals surface area contributed by atoms with Gasteiger partial charge in [0.05, 0.1) is 0 Å². The third-order valence-electron chi connectivity index (χ3n) is 6.71. The fraction of sp³-hybridized carbons (Fsp3) is 1.00. The maximum absolute atomic E-state index is 4.06. The van der Waals surface area contributed by atoms with Crippen molar-refractivity contribution in [3.63, 3.8) is 0 Å². The van der Waals surface area contributed by atoms with Gasteiger partial charge in [0.25, 0.3) is 0 Å². The Morgan fingerprint density at radius 3 is 2.00 bits per heavy atom. The van der Waals surface area contributed by atoms with E-state index < -0.39 is 0 Å². The Morgan fingerprint density at radius 1 is 0.947 bits per heavy atom. The van der Waals surface area contributed by atoms with Gasteiger partial charge in [0.15, 0.2) is 0 Å². The summed E-state index contributed by atoms with van der Waals surface area (Å²) in [5.41, 5.74) is 0.694. The molecule has 1 N–H and O–H groups in total. The minimum absolute atomic E-state index is 0.694. The number of hydrogen-bond acceptors (Lipinski definition) is 2. The molecule has 4 bridgehead atoms. The predicted molar refractivity (Wildman–Crippen MR) is 83.5 cm³/mol. The van der Waals surface area contributed by atoms with Crippen molar-refractivity contribution in [3.05, 3.63) is 0 Å². The van der Waals surface area contributed by atoms with Crippen LogP contribution in [0, 0.1) is 23.2 Å². The summed E-state index contributed by atoms with van der Waals surface area (Å²) in [6.45, 7) is 2.52. The summed E-state index contributed by atoms with van der Waals surface area (Å²) in [5.74, 6) is 6.04. The van der Waals surface area contributed by atoms with Crippen molar-refractivity contribution in [3.8, 4) is 0 Å². The molecule has 108 valence electrons. The molecular formula is C17H29NS. The van der Waals surface area contributed by atoms with Crippen LogP contribution in [-0.2, 0) is 0 Å². The molecule has 1 unspecified atom stereocenters. The van der Waals surface area contributed by atoms with E-state index in [9.17, 15) is 0 Å². The Morgan fingerprint density at radius 2 is 1.47 bits per heavy atom. The molecule has 0 radical (unpaired) electrons. The van der Waals surface area contributed by atoms with Crippen LogP contribution in [0.3, 0.4) is 0 Å². The fourth-order valence-electron chi connectivity index (χ4n) is 6.10. The third-order valence-corrected chi connectivity index (χ3v) is 7.76. The van der Waals surface area contributed by atoms with Gasteiger partial charge < -0.3 is 5.32 Å². The van der Waals surface area contributed by atoms with Crippen LogP contribution in [-0.4, -0.2) is 23.6 Å². The van der Waals surface area contributed by atoms with Crippen LogP contribution in [0.25, 0.3) is 0 Å². The zero-order valence-corrected chi connectivity index (χ0v) is 13.2. The van der Waals surface area contributed by atoms with E-state index in [1.54, 1.807) is 38.5 Å². The molecule has 0 spiro atoms. The van der Waals surface area contributed by atoms with Gasteiger partial charge in [0.2, 0.25) is 0 Å². The Labute approximate surface area is 122 Å². The summed E-state index contributed by atoms with van der Waals surface area (Å²) in [5, 5.41) is 4.06. The molecule has 1 atom stereocenters. The maximum Gasteiger partial charge on any atom is 0.00980 e. The molecule has 1 nitrogen and oxygen atoms in total. The second kappa shape index (κ2) is 4.94. The zero-order valence-electron chi connectivity index (χ0n) is 12.4. The van der Waals surface area contributed by atoms with Crippen molar-refractivity contribution in [2.75, 3.05) is 11.5 Å². The Hall–Kier alpha value is 0.310. The highest BCUT2D eigenvalue weighted by Gasteiger charge is 2.53. The van der Waals surface area contributed by atoms with Crippen molar-refractivity contribution in [2.24, 2.45) is 23.2 Å². The SMILES string of the molecule is CC(NC1CCSCC1)C12CC3CC(CC(C3)C1)C2. The molecule has 0 amide bonds. The molecule has 19 heavy (non-hydrogen) atoms. The lowest BCUT2D eigenvalue weighted by Gasteiger charge is -2.59. The first kappa shape index (κ1) is 13.0. The van der Waals surface area contributed by atoms with Crippen molar-refractivity contribution in [2.45, 2.75) is 70.4 Å². The average Bonchev–Trinajstić information content (AvgIpc) is 2.38. The fourth-order valence-corrected chi connectivity index (χ4v) is 7.21. The number of nitrogens with one attached hydrogen (secondary N) is 1. The molecule has 4 aliphatic carbocycles. The zero-order chi connectivity index (χ0) is 12.9. The molecule has 5 aliphatic rings. The van der Waals surface area contributed by atoms with Crippen LogP contribution >= 0.6 is 11.8 Å². The van der Waals surface area contributed by atoms with Crippen molar-refractivity contribution in [1.82, 2.24) is 5.32 Å². The van der Waals surface area contributed by atoms with Crippen LogP contribution in [0.15, 0.2) is 0 Å². The molecule has 5 fully saturated rings. The van der Waals surface area contributed by atoms with E-state index in [2.05, 4.69) is 24.0 Å². The van der Waals surface area contributed by atoms with Crippen LogP contribution < -0.4 is 5.32 Å². The van der Waals surface area contributed by atoms with Gasteiger partial charge in [-0.05, 0) is 93.0 Å². The lowest BCUT2D eigenvalue weighted by molar-refractivity contribution is -0.0722. The van der Waals surface area contributed by atoms with Crippen LogP contribution in [0.4, 0.5) is 0 Å². The van der Waals surface area contributed by atoms with Gasteiger partial charge in [-0.2, -0.15) is 11.8 Å². The summed E-state index contributed by atoms with van der Waals surface area (Å²) < 4.78 is 0. The first-order valence-electron chi connectivity index (χ1n) is 8.57. The summed E-state index contributed by atoms with van der Waals surface area (Å²) in [6.07, 6.45) is 12.2. The van der Waals surface area contributed by atoms with Crippen LogP contribution in [0.1, 0.15) is 58.3 Å². The summed E-state index contributed by atoms with van der Waals surface area (Å²) >= 11 is 2.15. The first-order chi connectivity index (χ1) is 9.23. The van der Waals surface area contributed by atoms with Crippen molar-refractivity contribution < 1.29 is 0 Å². The smallest absolute Gasteiger partial charge is 0.00980 e. The highest BCUT2D eigenvalue weighted by Crippen LogP contribution is 2.61. The minimum Gasteiger partial charge on any atom is -0.311 e. The molecule has 2 heteroatoms. The quantitative estimate of drug-likeness (QED) is 0.835. The van der Waals surface area contributed by atoms with E-state index in [0.717, 1.165) is 29.8 Å². The Kier molecular flexibility index (Phi) is 3.38. The molecule has 1 saturated heterocycles. The summed E-state index contributed by atoms with van der Waals surface area (Å²) in [6, 6.07) is 1.60. The van der Waals surface area contributed by atoms with E-state index in [-0.39, 0.29) is 0 Å². The second-order valence-electron chi connectivity index (χ2n) is 8.05. The molecule has 5 rings (SSSR count). The van der Waals surface area contributed by atoms with E-state index in [1.165, 1.54) is 24.3 Å². The third kappa shape index (κ3) is 2.37. The summed E-state index contributed by atoms with van der Waals surface area (Å²) in [7, 11) is 0. The first-order valence-corrected chi connectivity index (χ1v) is 9.73. The standard InChI is InChI=1S/C17H29NS/c1-12(18-16-2-4-19-5-3-16)17-9-13-6-14(10-17)8-15(7-13)11-17/h12-16,18H,2-11H2,1H3. The minimum atomic E-state index is 0.694. The van der Waals surface area contributed by atoms with Crippen LogP contribution in [0.2, 0.25) is 0 Å². The van der Waals surface area contributed by atoms with Crippen LogP contribution in [0.5, 0.6) is 0 Å². The highest BCUT2D eigenvalue weighted by molar-refractivity contribution is 7.99. The van der Waals surface area contributed by atoms with E-state index in [0.29, 0.717) is 5.41 Å². The van der Waals surface area contributed by atoms with Gasteiger partial charge in [-0.25, -0.2) is 0 Å². The predicted octanol–water partition coefficient (Wildman–Crippen LogP) is 4.08. The molecule has 0 aromatic heterocycles. The summed E-state index contributed by atoms with van der Waals surface area (Å²) in [4.78, 5) is 0. The highest BCUT2D eigenvalue weighted by atomic mass is 32.2. The van der Waals surface area contributed by atoms with Gasteiger partial charge in [0.1, 0.15) is 0 Å². The van der Waals surface area contributed by atoms with Gasteiger partial charge in [-0.1, -0.05) is 0 Å². The Balaban J connectivity index is 1.45. The van der Waals surface area contributed by atoms with E-state index in [1.807, 2.05) is 0 Å². The number of rotatable bonds is 3. The molecular weight excluding hydrogens is 250 g/mol. The molecule has 0 aromatic rings. The molecule has 1 aliphatic heterocycles. The van der Waals surface area contributed by atoms with Gasteiger partial charge in [0, 0.05) is 12.1 Å². The monoisotopic (exact) mass is 279 g/mol. The average molecular weight is 279 g/mol. The Bertz CT molecular complexity index is 299. The van der Waals surface area contributed by atoms with Gasteiger partial charge in [-0.15, -0.1) is 0 Å². The van der Waals surface area contributed by atoms with Gasteiger partial charge in [-0.3, -0.25) is 0 Å². The largest absolute Gasteiger partial charge is 0.311 e. The topological polar surface area (TPSA) is 12.0 Å². The van der Waals surface area contributed by atoms with Crippen molar-refractivity contribution >= 4 is 11.8 Å². The number of hydrogen-bond donors (Lipinski definition) is 1. The van der Waals surface area contributed by atoms with E-state index >= 15 is 0 Å². The number of thioether (sulfide) groups is 1. The second-order valence-corrected chi connectivity index (χ2v) is 9.28.